The van der Waals surface area contributed by atoms with Crippen LogP contribution in [0.4, 0.5) is 0 Å². The summed E-state index contributed by atoms with van der Waals surface area (Å²) in [4.78, 5) is 0. The number of ether oxygens (including phenoxy) is 2. The largest absolute Gasteiger partial charge is 0.347 e. The van der Waals surface area contributed by atoms with Gasteiger partial charge in [-0.2, -0.15) is 0 Å². The van der Waals surface area contributed by atoms with E-state index in [9.17, 15) is 0 Å². The fourth-order valence-electron chi connectivity index (χ4n) is 1.97. The lowest BCUT2D eigenvalue weighted by Crippen LogP contribution is -2.49. The van der Waals surface area contributed by atoms with E-state index in [-0.39, 0.29) is 11.4 Å². The van der Waals surface area contributed by atoms with Gasteiger partial charge in [-0.25, -0.2) is 0 Å². The second-order valence-electron chi connectivity index (χ2n) is 4.48. The van der Waals surface area contributed by atoms with E-state index in [1.807, 2.05) is 6.92 Å². The molecule has 2 atom stereocenters. The predicted octanol–water partition coefficient (Wildman–Crippen LogP) is 2.72. The molecule has 0 aliphatic carbocycles. The van der Waals surface area contributed by atoms with E-state index in [4.69, 9.17) is 9.47 Å². The minimum atomic E-state index is -0.374. The fraction of sp³-hybridized carbons (Fsp3) is 1.00. The van der Waals surface area contributed by atoms with E-state index in [0.717, 1.165) is 12.8 Å². The molecule has 2 unspecified atom stereocenters. The zero-order chi connectivity index (χ0) is 9.41. The minimum absolute atomic E-state index is 0.0393. The maximum atomic E-state index is 5.86. The Balaban J connectivity index is 2.70. The van der Waals surface area contributed by atoms with Gasteiger partial charge < -0.3 is 9.47 Å². The summed E-state index contributed by atoms with van der Waals surface area (Å²) >= 11 is 0. The molecule has 1 heterocycles. The van der Waals surface area contributed by atoms with Crippen LogP contribution in [0.1, 0.15) is 47.5 Å². The van der Waals surface area contributed by atoms with Gasteiger partial charge in [0.25, 0.3) is 0 Å². The van der Waals surface area contributed by atoms with Crippen LogP contribution in [0.15, 0.2) is 0 Å². The van der Waals surface area contributed by atoms with Crippen molar-refractivity contribution < 1.29 is 9.47 Å². The lowest BCUT2D eigenvalue weighted by Gasteiger charge is -2.45. The summed E-state index contributed by atoms with van der Waals surface area (Å²) in [6, 6.07) is 0. The molecular formula is C10H20O2. The molecule has 0 bridgehead atoms. The Morgan fingerprint density at radius 1 is 1.33 bits per heavy atom. The molecule has 1 aliphatic rings. The van der Waals surface area contributed by atoms with Crippen LogP contribution < -0.4 is 0 Å². The molecule has 0 radical (unpaired) electrons. The summed E-state index contributed by atoms with van der Waals surface area (Å²) in [6.07, 6.45) is 2.18. The quantitative estimate of drug-likeness (QED) is 0.605. The van der Waals surface area contributed by atoms with E-state index in [0.29, 0.717) is 6.10 Å². The van der Waals surface area contributed by atoms with Crippen molar-refractivity contribution in [1.82, 2.24) is 0 Å². The Morgan fingerprint density at radius 3 is 2.33 bits per heavy atom. The molecule has 12 heavy (non-hydrogen) atoms. The van der Waals surface area contributed by atoms with Crippen molar-refractivity contribution in [1.29, 1.82) is 0 Å². The summed E-state index contributed by atoms with van der Waals surface area (Å²) in [5.74, 6) is -0.374. The van der Waals surface area contributed by atoms with Gasteiger partial charge in [0.15, 0.2) is 5.79 Å². The van der Waals surface area contributed by atoms with Crippen LogP contribution in [0.2, 0.25) is 0 Å². The lowest BCUT2D eigenvalue weighted by atomic mass is 9.98. The van der Waals surface area contributed by atoms with Gasteiger partial charge in [-0.3, -0.25) is 0 Å². The van der Waals surface area contributed by atoms with Crippen molar-refractivity contribution in [3.05, 3.63) is 0 Å². The molecule has 1 saturated heterocycles. The Labute approximate surface area is 75.2 Å². The first-order valence-corrected chi connectivity index (χ1v) is 4.75. The third-order valence-electron chi connectivity index (χ3n) is 2.36. The molecular weight excluding hydrogens is 152 g/mol. The van der Waals surface area contributed by atoms with E-state index in [1.54, 1.807) is 0 Å². The maximum Gasteiger partial charge on any atom is 0.166 e. The average Bonchev–Trinajstić information content (AvgIpc) is 1.82. The topological polar surface area (TPSA) is 18.5 Å². The maximum absolute atomic E-state index is 5.86. The van der Waals surface area contributed by atoms with Crippen molar-refractivity contribution in [3.63, 3.8) is 0 Å². The molecule has 0 aromatic rings. The average molecular weight is 172 g/mol. The van der Waals surface area contributed by atoms with Crippen LogP contribution in [0.3, 0.4) is 0 Å². The first-order chi connectivity index (χ1) is 5.37. The van der Waals surface area contributed by atoms with Gasteiger partial charge in [0.1, 0.15) is 0 Å². The lowest BCUT2D eigenvalue weighted by molar-refractivity contribution is -0.331. The highest BCUT2D eigenvalue weighted by Gasteiger charge is 2.40. The monoisotopic (exact) mass is 172 g/mol. The molecule has 0 N–H and O–H groups in total. The molecule has 2 heteroatoms. The number of hydrogen-bond donors (Lipinski definition) is 0. The van der Waals surface area contributed by atoms with Crippen LogP contribution in [0, 0.1) is 0 Å². The molecule has 72 valence electrons. The second-order valence-corrected chi connectivity index (χ2v) is 4.48. The molecule has 1 aliphatic heterocycles. The standard InChI is InChI=1S/C10H20O2/c1-6-10(5)11-8(2)7-9(3,4)12-10/h8H,6-7H2,1-5H3. The zero-order valence-electron chi connectivity index (χ0n) is 8.81. The first kappa shape index (κ1) is 10.0. The van der Waals surface area contributed by atoms with Crippen molar-refractivity contribution in [3.8, 4) is 0 Å². The van der Waals surface area contributed by atoms with Gasteiger partial charge in [0.2, 0.25) is 0 Å². The van der Waals surface area contributed by atoms with Crippen LogP contribution in [0.5, 0.6) is 0 Å². The second kappa shape index (κ2) is 3.00. The van der Waals surface area contributed by atoms with Gasteiger partial charge in [-0.1, -0.05) is 6.92 Å². The summed E-state index contributed by atoms with van der Waals surface area (Å²) < 4.78 is 11.6. The molecule has 0 aromatic carbocycles. The summed E-state index contributed by atoms with van der Waals surface area (Å²) in [7, 11) is 0. The molecule has 2 nitrogen and oxygen atoms in total. The Kier molecular flexibility index (Phi) is 2.50. The molecule has 1 rings (SSSR count). The third kappa shape index (κ3) is 2.20. The van der Waals surface area contributed by atoms with Gasteiger partial charge in [0, 0.05) is 6.42 Å². The molecule has 0 saturated carbocycles. The van der Waals surface area contributed by atoms with E-state index in [2.05, 4.69) is 27.7 Å². The fourth-order valence-corrected chi connectivity index (χ4v) is 1.97. The van der Waals surface area contributed by atoms with Crippen LogP contribution >= 0.6 is 0 Å². The minimum Gasteiger partial charge on any atom is -0.347 e. The van der Waals surface area contributed by atoms with Gasteiger partial charge in [-0.15, -0.1) is 0 Å². The summed E-state index contributed by atoms with van der Waals surface area (Å²) in [6.45, 7) is 10.5. The van der Waals surface area contributed by atoms with E-state index < -0.39 is 0 Å². The molecule has 0 amide bonds. The molecule has 0 aromatic heterocycles. The SMILES string of the molecule is CCC1(C)OC(C)CC(C)(C)O1. The highest BCUT2D eigenvalue weighted by atomic mass is 16.7. The zero-order valence-corrected chi connectivity index (χ0v) is 8.81. The highest BCUT2D eigenvalue weighted by Crippen LogP contribution is 2.35. The number of rotatable bonds is 1. The van der Waals surface area contributed by atoms with Gasteiger partial charge in [-0.05, 0) is 34.1 Å². The van der Waals surface area contributed by atoms with E-state index >= 15 is 0 Å². The van der Waals surface area contributed by atoms with Crippen molar-refractivity contribution in [2.75, 3.05) is 0 Å². The molecule has 0 spiro atoms. The van der Waals surface area contributed by atoms with Crippen molar-refractivity contribution in [2.45, 2.75) is 65.0 Å². The van der Waals surface area contributed by atoms with Crippen LogP contribution in [-0.4, -0.2) is 17.5 Å². The van der Waals surface area contributed by atoms with Gasteiger partial charge >= 0.3 is 0 Å². The van der Waals surface area contributed by atoms with E-state index in [1.165, 1.54) is 0 Å². The predicted molar refractivity (Wildman–Crippen MR) is 49.0 cm³/mol. The Hall–Kier alpha value is -0.0800. The molecule has 1 fully saturated rings. The van der Waals surface area contributed by atoms with Crippen molar-refractivity contribution in [2.24, 2.45) is 0 Å². The Morgan fingerprint density at radius 2 is 1.92 bits per heavy atom. The smallest absolute Gasteiger partial charge is 0.166 e. The first-order valence-electron chi connectivity index (χ1n) is 4.75. The third-order valence-corrected chi connectivity index (χ3v) is 2.36. The van der Waals surface area contributed by atoms with Crippen LogP contribution in [0.25, 0.3) is 0 Å². The Bertz CT molecular complexity index is 165. The van der Waals surface area contributed by atoms with Gasteiger partial charge in [0.05, 0.1) is 11.7 Å². The number of hydrogen-bond acceptors (Lipinski definition) is 2. The summed E-state index contributed by atoms with van der Waals surface area (Å²) in [5, 5.41) is 0. The van der Waals surface area contributed by atoms with Crippen LogP contribution in [-0.2, 0) is 9.47 Å². The highest BCUT2D eigenvalue weighted by molar-refractivity contribution is 4.82. The van der Waals surface area contributed by atoms with Crippen molar-refractivity contribution >= 4 is 0 Å². The normalized spacial score (nSPS) is 41.2. The summed E-state index contributed by atoms with van der Waals surface area (Å²) in [5.41, 5.74) is -0.0393.